The van der Waals surface area contributed by atoms with E-state index in [-0.39, 0.29) is 36.9 Å². The molecule has 1 aromatic carbocycles. The fraction of sp³-hybridized carbons (Fsp3) is 0.500. The van der Waals surface area contributed by atoms with Crippen LogP contribution in [0.2, 0.25) is 0 Å². The molecule has 0 radical (unpaired) electrons. The molecule has 3 rings (SSSR count). The highest BCUT2D eigenvalue weighted by Gasteiger charge is 2.42. The van der Waals surface area contributed by atoms with Gasteiger partial charge in [-0.1, -0.05) is 0 Å². The molecule has 9 heteroatoms. The van der Waals surface area contributed by atoms with Crippen LogP contribution in [0.15, 0.2) is 12.1 Å². The number of hydrogen-bond acceptors (Lipinski definition) is 6. The lowest BCUT2D eigenvalue weighted by molar-refractivity contribution is -0.142. The third-order valence-electron chi connectivity index (χ3n) is 4.86. The van der Waals surface area contributed by atoms with Gasteiger partial charge in [-0.15, -0.1) is 0 Å². The van der Waals surface area contributed by atoms with Crippen molar-refractivity contribution in [3.05, 3.63) is 17.7 Å². The second-order valence-electron chi connectivity index (χ2n) is 6.39. The van der Waals surface area contributed by atoms with E-state index in [2.05, 4.69) is 5.32 Å². The lowest BCUT2D eigenvalue weighted by Gasteiger charge is -2.42. The Morgan fingerprint density at radius 1 is 1.11 bits per heavy atom. The molecule has 0 spiro atoms. The molecule has 2 aliphatic heterocycles. The standard InChI is InChI=1S/C18H23N3O6/c1-25-12-6-14(26-2)13(15(7-12)27-3)4-5-16(22)20-9-11(10-20)21-17(23)8-19-18(21)24/h6-7,11H,4-5,8-10H2,1-3H3,(H,19,24). The third kappa shape index (κ3) is 3.62. The summed E-state index contributed by atoms with van der Waals surface area (Å²) >= 11 is 0. The quantitative estimate of drug-likeness (QED) is 0.691. The normalized spacial score (nSPS) is 16.9. The van der Waals surface area contributed by atoms with Gasteiger partial charge < -0.3 is 24.4 Å². The van der Waals surface area contributed by atoms with Crippen molar-refractivity contribution < 1.29 is 28.6 Å². The average Bonchev–Trinajstić information content (AvgIpc) is 2.96. The van der Waals surface area contributed by atoms with Crippen molar-refractivity contribution in [3.63, 3.8) is 0 Å². The highest BCUT2D eigenvalue weighted by molar-refractivity contribution is 6.02. The minimum atomic E-state index is -0.384. The van der Waals surface area contributed by atoms with Gasteiger partial charge in [0, 0.05) is 37.2 Å². The minimum absolute atomic E-state index is 0.0281. The van der Waals surface area contributed by atoms with Crippen LogP contribution in [-0.4, -0.2) is 74.7 Å². The summed E-state index contributed by atoms with van der Waals surface area (Å²) in [5, 5.41) is 2.49. The molecule has 1 N–H and O–H groups in total. The van der Waals surface area contributed by atoms with Crippen LogP contribution in [-0.2, 0) is 16.0 Å². The van der Waals surface area contributed by atoms with Crippen molar-refractivity contribution in [3.8, 4) is 17.2 Å². The van der Waals surface area contributed by atoms with Gasteiger partial charge in [0.25, 0.3) is 0 Å². The highest BCUT2D eigenvalue weighted by Crippen LogP contribution is 2.35. The first kappa shape index (κ1) is 18.8. The summed E-state index contributed by atoms with van der Waals surface area (Å²) in [5.74, 6) is 1.51. The average molecular weight is 377 g/mol. The predicted molar refractivity (Wildman–Crippen MR) is 95.0 cm³/mol. The summed E-state index contributed by atoms with van der Waals surface area (Å²) in [4.78, 5) is 38.7. The Kier molecular flexibility index (Phi) is 5.38. The number of ether oxygens (including phenoxy) is 3. The fourth-order valence-electron chi connectivity index (χ4n) is 3.34. The number of carbonyl (C=O) groups excluding carboxylic acids is 3. The first-order valence-corrected chi connectivity index (χ1v) is 8.65. The van der Waals surface area contributed by atoms with E-state index in [1.807, 2.05) is 0 Å². The van der Waals surface area contributed by atoms with Crippen LogP contribution in [0.4, 0.5) is 4.79 Å². The molecular formula is C18H23N3O6. The lowest BCUT2D eigenvalue weighted by Crippen LogP contribution is -2.62. The van der Waals surface area contributed by atoms with Crippen LogP contribution in [0.1, 0.15) is 12.0 Å². The van der Waals surface area contributed by atoms with E-state index in [1.165, 1.54) is 4.90 Å². The number of carbonyl (C=O) groups is 3. The van der Waals surface area contributed by atoms with Crippen LogP contribution < -0.4 is 19.5 Å². The number of urea groups is 1. The SMILES string of the molecule is COc1cc(OC)c(CCC(=O)N2CC(N3C(=O)CNC3=O)C2)c(OC)c1. The Morgan fingerprint density at radius 2 is 1.74 bits per heavy atom. The number of hydrogen-bond donors (Lipinski definition) is 1. The Balaban J connectivity index is 1.59. The molecule has 2 aliphatic rings. The van der Waals surface area contributed by atoms with Gasteiger partial charge >= 0.3 is 6.03 Å². The van der Waals surface area contributed by atoms with E-state index in [0.717, 1.165) is 5.56 Å². The predicted octanol–water partition coefficient (Wildman–Crippen LogP) is 0.408. The van der Waals surface area contributed by atoms with Gasteiger partial charge in [-0.3, -0.25) is 14.5 Å². The molecule has 146 valence electrons. The van der Waals surface area contributed by atoms with Gasteiger partial charge in [-0.2, -0.15) is 0 Å². The first-order chi connectivity index (χ1) is 13.0. The summed E-state index contributed by atoms with van der Waals surface area (Å²) in [5.41, 5.74) is 0.792. The molecule has 0 bridgehead atoms. The van der Waals surface area contributed by atoms with Crippen LogP contribution in [0.5, 0.6) is 17.2 Å². The zero-order chi connectivity index (χ0) is 19.6. The zero-order valence-corrected chi connectivity index (χ0v) is 15.6. The maximum atomic E-state index is 12.5. The molecule has 27 heavy (non-hydrogen) atoms. The van der Waals surface area contributed by atoms with Crippen LogP contribution in [0.25, 0.3) is 0 Å². The van der Waals surface area contributed by atoms with Gasteiger partial charge in [0.15, 0.2) is 0 Å². The van der Waals surface area contributed by atoms with Crippen LogP contribution >= 0.6 is 0 Å². The number of nitrogens with one attached hydrogen (secondary N) is 1. The largest absolute Gasteiger partial charge is 0.496 e. The maximum absolute atomic E-state index is 12.5. The van der Waals surface area contributed by atoms with E-state index in [1.54, 1.807) is 38.4 Å². The minimum Gasteiger partial charge on any atom is -0.496 e. The van der Waals surface area contributed by atoms with Crippen molar-refractivity contribution in [2.45, 2.75) is 18.9 Å². The molecule has 0 saturated carbocycles. The number of likely N-dealkylation sites (tertiary alicyclic amines) is 1. The summed E-state index contributed by atoms with van der Waals surface area (Å²) in [7, 11) is 4.67. The zero-order valence-electron chi connectivity index (χ0n) is 15.6. The number of methoxy groups -OCH3 is 3. The Bertz CT molecular complexity index is 718. The van der Waals surface area contributed by atoms with Crippen LogP contribution in [0.3, 0.4) is 0 Å². The maximum Gasteiger partial charge on any atom is 0.324 e. The second-order valence-corrected chi connectivity index (χ2v) is 6.39. The Hall–Kier alpha value is -2.97. The Labute approximate surface area is 157 Å². The molecule has 2 saturated heterocycles. The van der Waals surface area contributed by atoms with Crippen LogP contribution in [0, 0.1) is 0 Å². The topological polar surface area (TPSA) is 97.4 Å². The van der Waals surface area contributed by atoms with Crippen molar-refractivity contribution in [1.29, 1.82) is 0 Å². The molecule has 1 aromatic rings. The second kappa shape index (κ2) is 7.73. The van der Waals surface area contributed by atoms with Gasteiger partial charge in [0.2, 0.25) is 11.8 Å². The summed E-state index contributed by atoms with van der Waals surface area (Å²) in [6, 6.07) is 2.87. The molecule has 0 aromatic heterocycles. The number of nitrogens with zero attached hydrogens (tertiary/aromatic N) is 2. The number of amides is 4. The number of benzene rings is 1. The van der Waals surface area contributed by atoms with Crippen molar-refractivity contribution in [1.82, 2.24) is 15.1 Å². The molecule has 2 fully saturated rings. The van der Waals surface area contributed by atoms with Gasteiger partial charge in [0.1, 0.15) is 17.2 Å². The fourth-order valence-corrected chi connectivity index (χ4v) is 3.34. The molecule has 2 heterocycles. The number of rotatable bonds is 7. The van der Waals surface area contributed by atoms with Crippen molar-refractivity contribution in [2.75, 3.05) is 41.0 Å². The van der Waals surface area contributed by atoms with E-state index in [0.29, 0.717) is 36.8 Å². The molecule has 0 unspecified atom stereocenters. The smallest absolute Gasteiger partial charge is 0.324 e. The lowest BCUT2D eigenvalue weighted by atomic mass is 10.0. The first-order valence-electron chi connectivity index (χ1n) is 8.65. The van der Waals surface area contributed by atoms with Gasteiger partial charge in [-0.05, 0) is 6.42 Å². The van der Waals surface area contributed by atoms with Gasteiger partial charge in [-0.25, -0.2) is 4.79 Å². The molecule has 9 nitrogen and oxygen atoms in total. The van der Waals surface area contributed by atoms with E-state index in [9.17, 15) is 14.4 Å². The van der Waals surface area contributed by atoms with E-state index >= 15 is 0 Å². The summed E-state index contributed by atoms with van der Waals surface area (Å²) in [6.07, 6.45) is 0.714. The number of imide groups is 1. The third-order valence-corrected chi connectivity index (χ3v) is 4.86. The van der Waals surface area contributed by atoms with E-state index in [4.69, 9.17) is 14.2 Å². The van der Waals surface area contributed by atoms with Crippen molar-refractivity contribution in [2.24, 2.45) is 0 Å². The monoisotopic (exact) mass is 377 g/mol. The molecule has 4 amide bonds. The Morgan fingerprint density at radius 3 is 2.22 bits per heavy atom. The molecule has 0 aliphatic carbocycles. The summed E-state index contributed by atoms with van der Waals surface area (Å²) < 4.78 is 16.0. The molecule has 0 atom stereocenters. The van der Waals surface area contributed by atoms with Gasteiger partial charge in [0.05, 0.1) is 33.9 Å². The highest BCUT2D eigenvalue weighted by atomic mass is 16.5. The molecular weight excluding hydrogens is 354 g/mol. The summed E-state index contributed by atoms with van der Waals surface area (Å²) in [6.45, 7) is 0.768. The van der Waals surface area contributed by atoms with E-state index < -0.39 is 0 Å². The van der Waals surface area contributed by atoms with Crippen molar-refractivity contribution >= 4 is 17.8 Å².